The lowest BCUT2D eigenvalue weighted by Gasteiger charge is -2.35. The van der Waals surface area contributed by atoms with Gasteiger partial charge in [-0.3, -0.25) is 9.69 Å². The third kappa shape index (κ3) is 4.70. The number of amides is 1. The molecule has 2 aromatic carbocycles. The fourth-order valence-corrected chi connectivity index (χ4v) is 3.14. The Morgan fingerprint density at radius 2 is 1.80 bits per heavy atom. The summed E-state index contributed by atoms with van der Waals surface area (Å²) in [7, 11) is 0. The summed E-state index contributed by atoms with van der Waals surface area (Å²) in [5, 5.41) is 12.0. The largest absolute Gasteiger partial charge is 0.508 e. The van der Waals surface area contributed by atoms with Gasteiger partial charge in [0.05, 0.1) is 12.2 Å². The second kappa shape index (κ2) is 7.84. The Bertz CT molecular complexity index is 746. The zero-order chi connectivity index (χ0) is 17.8. The lowest BCUT2D eigenvalue weighted by atomic mass is 10.2. The average Bonchev–Trinajstić information content (AvgIpc) is 2.59. The fourth-order valence-electron chi connectivity index (χ4n) is 2.81. The monoisotopic (exact) mass is 407 g/mol. The SMILES string of the molecule is O=C(CN1CCN(c2ccc(O)cc2)CC1)Nc1ccc(Br)cc1F. The van der Waals surface area contributed by atoms with Crippen LogP contribution in [-0.4, -0.2) is 48.6 Å². The molecule has 0 aliphatic carbocycles. The molecule has 132 valence electrons. The maximum atomic E-state index is 13.8. The molecule has 3 rings (SSSR count). The molecule has 0 atom stereocenters. The van der Waals surface area contributed by atoms with Gasteiger partial charge in [0.15, 0.2) is 0 Å². The first-order valence-electron chi connectivity index (χ1n) is 8.02. The van der Waals surface area contributed by atoms with Crippen LogP contribution in [0, 0.1) is 5.82 Å². The number of rotatable bonds is 4. The molecule has 1 amide bonds. The standard InChI is InChI=1S/C18H19BrFN3O2/c19-13-1-6-17(16(20)11-13)21-18(25)12-22-7-9-23(10-8-22)14-2-4-15(24)5-3-14/h1-6,11,24H,7-10,12H2,(H,21,25). The van der Waals surface area contributed by atoms with E-state index < -0.39 is 5.82 Å². The van der Waals surface area contributed by atoms with Crippen molar-refractivity contribution >= 4 is 33.2 Å². The highest BCUT2D eigenvalue weighted by atomic mass is 79.9. The van der Waals surface area contributed by atoms with Gasteiger partial charge in [0.1, 0.15) is 11.6 Å². The highest BCUT2D eigenvalue weighted by Gasteiger charge is 2.19. The quantitative estimate of drug-likeness (QED) is 0.817. The van der Waals surface area contributed by atoms with Gasteiger partial charge in [-0.15, -0.1) is 0 Å². The topological polar surface area (TPSA) is 55.8 Å². The number of benzene rings is 2. The summed E-state index contributed by atoms with van der Waals surface area (Å²) in [5.74, 6) is -0.432. The predicted octanol–water partition coefficient (Wildman–Crippen LogP) is 3.05. The first-order chi connectivity index (χ1) is 12.0. The highest BCUT2D eigenvalue weighted by Crippen LogP contribution is 2.21. The first-order valence-corrected chi connectivity index (χ1v) is 8.82. The Kier molecular flexibility index (Phi) is 5.55. The molecule has 0 aromatic heterocycles. The van der Waals surface area contributed by atoms with Crippen molar-refractivity contribution in [2.45, 2.75) is 0 Å². The van der Waals surface area contributed by atoms with Crippen LogP contribution in [0.15, 0.2) is 46.9 Å². The molecular formula is C18H19BrFN3O2. The Morgan fingerprint density at radius 3 is 2.44 bits per heavy atom. The normalized spacial score (nSPS) is 15.2. The van der Waals surface area contributed by atoms with Crippen LogP contribution in [0.2, 0.25) is 0 Å². The highest BCUT2D eigenvalue weighted by molar-refractivity contribution is 9.10. The summed E-state index contributed by atoms with van der Waals surface area (Å²) in [6, 6.07) is 11.7. The Hall–Kier alpha value is -2.12. The van der Waals surface area contributed by atoms with Crippen molar-refractivity contribution < 1.29 is 14.3 Å². The third-order valence-electron chi connectivity index (χ3n) is 4.16. The molecule has 1 aliphatic heterocycles. The second-order valence-corrected chi connectivity index (χ2v) is 6.87. The van der Waals surface area contributed by atoms with E-state index in [0.29, 0.717) is 4.47 Å². The number of hydrogen-bond acceptors (Lipinski definition) is 4. The summed E-state index contributed by atoms with van der Waals surface area (Å²) < 4.78 is 14.4. The van der Waals surface area contributed by atoms with Crippen LogP contribution >= 0.6 is 15.9 Å². The van der Waals surface area contributed by atoms with Gasteiger partial charge in [0, 0.05) is 36.3 Å². The summed E-state index contributed by atoms with van der Waals surface area (Å²) in [4.78, 5) is 16.4. The minimum atomic E-state index is -0.458. The maximum Gasteiger partial charge on any atom is 0.238 e. The van der Waals surface area contributed by atoms with Crippen molar-refractivity contribution in [3.05, 3.63) is 52.8 Å². The van der Waals surface area contributed by atoms with Gasteiger partial charge < -0.3 is 15.3 Å². The summed E-state index contributed by atoms with van der Waals surface area (Å²) in [6.07, 6.45) is 0. The number of anilines is 2. The van der Waals surface area contributed by atoms with E-state index in [9.17, 15) is 14.3 Å². The molecule has 1 aliphatic rings. The summed E-state index contributed by atoms with van der Waals surface area (Å²) in [5.41, 5.74) is 1.25. The zero-order valence-corrected chi connectivity index (χ0v) is 15.2. The number of halogens is 2. The van der Waals surface area contributed by atoms with Crippen LogP contribution in [0.1, 0.15) is 0 Å². The van der Waals surface area contributed by atoms with Crippen molar-refractivity contribution in [3.8, 4) is 5.75 Å². The van der Waals surface area contributed by atoms with Crippen LogP contribution in [0.3, 0.4) is 0 Å². The van der Waals surface area contributed by atoms with Gasteiger partial charge in [0.25, 0.3) is 0 Å². The Labute approximate surface area is 154 Å². The van der Waals surface area contributed by atoms with Crippen LogP contribution in [0.25, 0.3) is 0 Å². The van der Waals surface area contributed by atoms with E-state index in [4.69, 9.17) is 0 Å². The summed E-state index contributed by atoms with van der Waals surface area (Å²) >= 11 is 3.19. The molecule has 25 heavy (non-hydrogen) atoms. The molecule has 0 unspecified atom stereocenters. The molecule has 1 fully saturated rings. The molecule has 7 heteroatoms. The van der Waals surface area contributed by atoms with Gasteiger partial charge in [-0.25, -0.2) is 4.39 Å². The molecule has 2 N–H and O–H groups in total. The van der Waals surface area contributed by atoms with Crippen molar-refractivity contribution in [1.29, 1.82) is 0 Å². The maximum absolute atomic E-state index is 13.8. The lowest BCUT2D eigenvalue weighted by Crippen LogP contribution is -2.48. The van der Waals surface area contributed by atoms with E-state index in [-0.39, 0.29) is 23.9 Å². The van der Waals surface area contributed by atoms with E-state index in [1.165, 1.54) is 6.07 Å². The molecule has 0 bridgehead atoms. The molecule has 5 nitrogen and oxygen atoms in total. The van der Waals surface area contributed by atoms with E-state index in [2.05, 4.69) is 26.1 Å². The molecule has 1 saturated heterocycles. The number of phenolic OH excluding ortho intramolecular Hbond substituents is 1. The van der Waals surface area contributed by atoms with Gasteiger partial charge >= 0.3 is 0 Å². The van der Waals surface area contributed by atoms with Crippen molar-refractivity contribution in [3.63, 3.8) is 0 Å². The van der Waals surface area contributed by atoms with Crippen molar-refractivity contribution in [2.75, 3.05) is 42.9 Å². The van der Waals surface area contributed by atoms with Crippen LogP contribution < -0.4 is 10.2 Å². The summed E-state index contributed by atoms with van der Waals surface area (Å²) in [6.45, 7) is 3.32. The Balaban J connectivity index is 1.50. The smallest absolute Gasteiger partial charge is 0.238 e. The second-order valence-electron chi connectivity index (χ2n) is 5.95. The minimum Gasteiger partial charge on any atom is -0.508 e. The van der Waals surface area contributed by atoms with Gasteiger partial charge in [0.2, 0.25) is 5.91 Å². The molecule has 2 aromatic rings. The number of carbonyl (C=O) groups is 1. The third-order valence-corrected chi connectivity index (χ3v) is 4.65. The van der Waals surface area contributed by atoms with E-state index in [1.54, 1.807) is 24.3 Å². The lowest BCUT2D eigenvalue weighted by molar-refractivity contribution is -0.117. The van der Waals surface area contributed by atoms with Crippen molar-refractivity contribution in [1.82, 2.24) is 4.90 Å². The number of carbonyl (C=O) groups excluding carboxylic acids is 1. The molecule has 0 saturated carbocycles. The van der Waals surface area contributed by atoms with Gasteiger partial charge in [-0.2, -0.15) is 0 Å². The first kappa shape index (κ1) is 17.7. The van der Waals surface area contributed by atoms with Crippen LogP contribution in [-0.2, 0) is 4.79 Å². The number of hydrogen-bond donors (Lipinski definition) is 2. The minimum absolute atomic E-state index is 0.191. The number of phenols is 1. The molecule has 0 radical (unpaired) electrons. The average molecular weight is 408 g/mol. The van der Waals surface area contributed by atoms with E-state index in [1.807, 2.05) is 17.0 Å². The Morgan fingerprint density at radius 1 is 1.12 bits per heavy atom. The number of nitrogens with one attached hydrogen (secondary N) is 1. The zero-order valence-electron chi connectivity index (χ0n) is 13.6. The van der Waals surface area contributed by atoms with Gasteiger partial charge in [-0.05, 0) is 42.5 Å². The van der Waals surface area contributed by atoms with Crippen LogP contribution in [0.4, 0.5) is 15.8 Å². The number of piperazine rings is 1. The number of nitrogens with zero attached hydrogens (tertiary/aromatic N) is 2. The molecule has 0 spiro atoms. The predicted molar refractivity (Wildman–Crippen MR) is 99.5 cm³/mol. The van der Waals surface area contributed by atoms with E-state index >= 15 is 0 Å². The van der Waals surface area contributed by atoms with E-state index in [0.717, 1.165) is 31.9 Å². The fraction of sp³-hybridized carbons (Fsp3) is 0.278. The van der Waals surface area contributed by atoms with Gasteiger partial charge in [-0.1, -0.05) is 15.9 Å². The molecule has 1 heterocycles. The molecular weight excluding hydrogens is 389 g/mol. The van der Waals surface area contributed by atoms with Crippen LogP contribution in [0.5, 0.6) is 5.75 Å². The van der Waals surface area contributed by atoms with Crippen molar-refractivity contribution in [2.24, 2.45) is 0 Å². The number of aromatic hydroxyl groups is 1.